The van der Waals surface area contributed by atoms with Crippen molar-refractivity contribution in [3.8, 4) is 0 Å². The monoisotopic (exact) mass is 262 g/mol. The molecule has 0 spiro atoms. The largest absolute Gasteiger partial charge is 0.385 e. The first-order valence-corrected chi connectivity index (χ1v) is 5.12. The van der Waals surface area contributed by atoms with Gasteiger partial charge in [0.1, 0.15) is 0 Å². The molecule has 0 fully saturated rings. The number of ether oxygens (including phenoxy) is 1. The number of hydrazine groups is 1. The van der Waals surface area contributed by atoms with Crippen LogP contribution in [0, 0.1) is 0 Å². The summed E-state index contributed by atoms with van der Waals surface area (Å²) in [6.45, 7) is 0.659. The van der Waals surface area contributed by atoms with Crippen molar-refractivity contribution in [2.24, 2.45) is 12.9 Å². The summed E-state index contributed by atoms with van der Waals surface area (Å²) in [5.74, 6) is 5.48. The van der Waals surface area contributed by atoms with E-state index in [1.54, 1.807) is 18.0 Å². The number of nitrogens with one attached hydrogen (secondary N) is 1. The fourth-order valence-corrected chi connectivity index (χ4v) is 1.97. The maximum absolute atomic E-state index is 5.48. The van der Waals surface area contributed by atoms with Gasteiger partial charge in [0.15, 0.2) is 0 Å². The summed E-state index contributed by atoms with van der Waals surface area (Å²) in [6.07, 6.45) is 2.57. The first-order valence-electron chi connectivity index (χ1n) is 4.33. The third kappa shape index (κ3) is 2.54. The zero-order valence-electron chi connectivity index (χ0n) is 8.33. The van der Waals surface area contributed by atoms with Gasteiger partial charge >= 0.3 is 0 Å². The fraction of sp³-hybridized carbons (Fsp3) is 0.625. The summed E-state index contributed by atoms with van der Waals surface area (Å²) < 4.78 is 7.76. The molecule has 0 saturated heterocycles. The van der Waals surface area contributed by atoms with Crippen LogP contribution in [0.1, 0.15) is 18.2 Å². The third-order valence-corrected chi connectivity index (χ3v) is 2.69. The molecule has 0 bridgehead atoms. The molecule has 1 aromatic heterocycles. The lowest BCUT2D eigenvalue weighted by Gasteiger charge is -2.16. The van der Waals surface area contributed by atoms with E-state index in [0.29, 0.717) is 6.61 Å². The van der Waals surface area contributed by atoms with Gasteiger partial charge in [-0.25, -0.2) is 0 Å². The molecule has 14 heavy (non-hydrogen) atoms. The Labute approximate surface area is 91.7 Å². The van der Waals surface area contributed by atoms with Gasteiger partial charge in [-0.1, -0.05) is 0 Å². The Bertz CT molecular complexity index is 269. The number of hydrogen-bond acceptors (Lipinski definition) is 4. The average Bonchev–Trinajstić information content (AvgIpc) is 2.50. The number of aromatic nitrogens is 2. The molecule has 80 valence electrons. The lowest BCUT2D eigenvalue weighted by atomic mass is 10.1. The van der Waals surface area contributed by atoms with Gasteiger partial charge in [-0.15, -0.1) is 0 Å². The van der Waals surface area contributed by atoms with Crippen LogP contribution < -0.4 is 11.3 Å². The summed E-state index contributed by atoms with van der Waals surface area (Å²) in [7, 11) is 3.56. The Morgan fingerprint density at radius 3 is 2.93 bits per heavy atom. The minimum Gasteiger partial charge on any atom is -0.385 e. The Hall–Kier alpha value is -0.430. The number of rotatable bonds is 5. The molecular weight excluding hydrogens is 248 g/mol. The first kappa shape index (κ1) is 11.6. The number of nitrogens with two attached hydrogens (primary N) is 1. The Morgan fingerprint density at radius 2 is 2.50 bits per heavy atom. The molecule has 1 heterocycles. The topological polar surface area (TPSA) is 65.1 Å². The van der Waals surface area contributed by atoms with E-state index in [9.17, 15) is 0 Å². The molecule has 0 aliphatic heterocycles. The second-order valence-corrected chi connectivity index (χ2v) is 3.86. The van der Waals surface area contributed by atoms with Gasteiger partial charge in [0.2, 0.25) is 0 Å². The van der Waals surface area contributed by atoms with Crippen LogP contribution in [0.15, 0.2) is 10.7 Å². The van der Waals surface area contributed by atoms with E-state index in [2.05, 4.69) is 26.5 Å². The maximum Gasteiger partial charge on any atom is 0.0706 e. The van der Waals surface area contributed by atoms with E-state index in [0.717, 1.165) is 16.6 Å². The van der Waals surface area contributed by atoms with Crippen molar-refractivity contribution >= 4 is 15.9 Å². The zero-order chi connectivity index (χ0) is 10.6. The number of hydrogen-bond donors (Lipinski definition) is 2. The molecule has 6 heteroatoms. The molecule has 0 aliphatic carbocycles. The van der Waals surface area contributed by atoms with Crippen LogP contribution in [0.5, 0.6) is 0 Å². The number of nitrogens with zero attached hydrogens (tertiary/aromatic N) is 2. The SMILES string of the molecule is COCCC(NN)c1c(Br)cnn1C. The normalized spacial score (nSPS) is 13.1. The summed E-state index contributed by atoms with van der Waals surface area (Å²) in [5.41, 5.74) is 3.78. The van der Waals surface area contributed by atoms with Gasteiger partial charge in [0.25, 0.3) is 0 Å². The van der Waals surface area contributed by atoms with Gasteiger partial charge in [0, 0.05) is 20.8 Å². The zero-order valence-corrected chi connectivity index (χ0v) is 9.91. The molecule has 3 N–H and O–H groups in total. The Balaban J connectivity index is 2.77. The highest BCUT2D eigenvalue weighted by Crippen LogP contribution is 2.24. The Morgan fingerprint density at radius 1 is 1.79 bits per heavy atom. The van der Waals surface area contributed by atoms with E-state index in [-0.39, 0.29) is 6.04 Å². The van der Waals surface area contributed by atoms with Crippen LogP contribution in [-0.4, -0.2) is 23.5 Å². The lowest BCUT2D eigenvalue weighted by Crippen LogP contribution is -2.30. The van der Waals surface area contributed by atoms with Gasteiger partial charge in [-0.05, 0) is 22.4 Å². The fourth-order valence-electron chi connectivity index (χ4n) is 1.35. The van der Waals surface area contributed by atoms with Crippen molar-refractivity contribution in [1.82, 2.24) is 15.2 Å². The van der Waals surface area contributed by atoms with Gasteiger partial charge in [-0.2, -0.15) is 5.10 Å². The molecule has 0 aromatic carbocycles. The molecule has 1 rings (SSSR count). The van der Waals surface area contributed by atoms with Gasteiger partial charge in [-0.3, -0.25) is 16.0 Å². The second-order valence-electron chi connectivity index (χ2n) is 3.00. The van der Waals surface area contributed by atoms with Crippen molar-refractivity contribution < 1.29 is 4.74 Å². The standard InChI is InChI=1S/C8H15BrN4O/c1-13-8(6(9)5-11-13)7(12-10)3-4-14-2/h5,7,12H,3-4,10H2,1-2H3. The molecule has 0 amide bonds. The third-order valence-electron chi connectivity index (χ3n) is 2.08. The van der Waals surface area contributed by atoms with Crippen molar-refractivity contribution in [1.29, 1.82) is 0 Å². The lowest BCUT2D eigenvalue weighted by molar-refractivity contribution is 0.181. The molecule has 5 nitrogen and oxygen atoms in total. The van der Waals surface area contributed by atoms with E-state index in [4.69, 9.17) is 10.6 Å². The van der Waals surface area contributed by atoms with Crippen LogP contribution in [0.25, 0.3) is 0 Å². The predicted octanol–water partition coefficient (Wildman–Crippen LogP) is 0.724. The predicted molar refractivity (Wildman–Crippen MR) is 57.5 cm³/mol. The summed E-state index contributed by atoms with van der Waals surface area (Å²) in [4.78, 5) is 0. The summed E-state index contributed by atoms with van der Waals surface area (Å²) in [6, 6.07) is 0.0526. The van der Waals surface area contributed by atoms with Crippen LogP contribution in [0.2, 0.25) is 0 Å². The summed E-state index contributed by atoms with van der Waals surface area (Å²) in [5, 5.41) is 4.13. The minimum atomic E-state index is 0.0526. The highest BCUT2D eigenvalue weighted by molar-refractivity contribution is 9.10. The number of halogens is 1. The highest BCUT2D eigenvalue weighted by Gasteiger charge is 2.16. The minimum absolute atomic E-state index is 0.0526. The van der Waals surface area contributed by atoms with Crippen molar-refractivity contribution in [2.45, 2.75) is 12.5 Å². The van der Waals surface area contributed by atoms with Crippen LogP contribution in [-0.2, 0) is 11.8 Å². The van der Waals surface area contributed by atoms with Crippen LogP contribution >= 0.6 is 15.9 Å². The van der Waals surface area contributed by atoms with Crippen LogP contribution in [0.4, 0.5) is 0 Å². The second kappa shape index (κ2) is 5.45. The molecule has 1 unspecified atom stereocenters. The van der Waals surface area contributed by atoms with Crippen LogP contribution in [0.3, 0.4) is 0 Å². The average molecular weight is 263 g/mol. The number of methoxy groups -OCH3 is 1. The molecule has 0 radical (unpaired) electrons. The van der Waals surface area contributed by atoms with Gasteiger partial charge in [0.05, 0.1) is 22.4 Å². The van der Waals surface area contributed by atoms with Crippen molar-refractivity contribution in [3.63, 3.8) is 0 Å². The van der Waals surface area contributed by atoms with E-state index >= 15 is 0 Å². The van der Waals surface area contributed by atoms with E-state index in [1.165, 1.54) is 0 Å². The van der Waals surface area contributed by atoms with E-state index < -0.39 is 0 Å². The molecule has 0 aliphatic rings. The van der Waals surface area contributed by atoms with Crippen molar-refractivity contribution in [3.05, 3.63) is 16.4 Å². The van der Waals surface area contributed by atoms with Gasteiger partial charge < -0.3 is 4.74 Å². The molecule has 0 saturated carbocycles. The molecule has 1 atom stereocenters. The number of aryl methyl sites for hydroxylation is 1. The first-order chi connectivity index (χ1) is 6.70. The Kier molecular flexibility index (Phi) is 4.53. The maximum atomic E-state index is 5.48. The highest BCUT2D eigenvalue weighted by atomic mass is 79.9. The molecular formula is C8H15BrN4O. The molecule has 1 aromatic rings. The summed E-state index contributed by atoms with van der Waals surface area (Å²) >= 11 is 3.43. The van der Waals surface area contributed by atoms with Crippen molar-refractivity contribution in [2.75, 3.05) is 13.7 Å². The van der Waals surface area contributed by atoms with E-state index in [1.807, 2.05) is 7.05 Å². The quantitative estimate of drug-likeness (QED) is 0.607. The smallest absolute Gasteiger partial charge is 0.0706 e.